The lowest BCUT2D eigenvalue weighted by molar-refractivity contribution is 0.0203. The number of para-hydroxylation sites is 1. The average Bonchev–Trinajstić information content (AvgIpc) is 3.30. The standard InChI is InChI=1S/C29H33N5O3/c1-19-10-11-23(16-20(19)2)34-26(21-12-14-33(15-13-21)28(36)37-29(3,4)5)24(18-31-34)27(35)32-25-9-7-6-8-22(25)17-30/h6-11,16,18,21H,12-15H2,1-5H3,(H,32,35). The van der Waals surface area contributed by atoms with E-state index < -0.39 is 5.60 Å². The smallest absolute Gasteiger partial charge is 0.410 e. The third-order valence-electron chi connectivity index (χ3n) is 6.62. The zero-order valence-electron chi connectivity index (χ0n) is 22.0. The molecule has 1 aromatic heterocycles. The van der Waals surface area contributed by atoms with E-state index in [-0.39, 0.29) is 17.9 Å². The Labute approximate surface area is 217 Å². The summed E-state index contributed by atoms with van der Waals surface area (Å²) in [6.45, 7) is 10.7. The first-order chi connectivity index (χ1) is 17.6. The van der Waals surface area contributed by atoms with Gasteiger partial charge in [-0.1, -0.05) is 18.2 Å². The molecule has 37 heavy (non-hydrogen) atoms. The topological polar surface area (TPSA) is 100 Å². The zero-order valence-corrected chi connectivity index (χ0v) is 22.0. The summed E-state index contributed by atoms with van der Waals surface area (Å²) in [7, 11) is 0. The average molecular weight is 500 g/mol. The minimum absolute atomic E-state index is 0.00903. The lowest BCUT2D eigenvalue weighted by atomic mass is 9.90. The second-order valence-corrected chi connectivity index (χ2v) is 10.5. The quantitative estimate of drug-likeness (QED) is 0.494. The van der Waals surface area contributed by atoms with E-state index in [9.17, 15) is 14.9 Å². The number of hydrogen-bond donors (Lipinski definition) is 1. The Balaban J connectivity index is 1.66. The molecule has 0 radical (unpaired) electrons. The van der Waals surface area contributed by atoms with Crippen molar-refractivity contribution in [3.05, 3.63) is 76.6 Å². The zero-order chi connectivity index (χ0) is 26.7. The molecule has 4 rings (SSSR count). The monoisotopic (exact) mass is 499 g/mol. The molecule has 0 saturated carbocycles. The Morgan fingerprint density at radius 1 is 1.08 bits per heavy atom. The predicted molar refractivity (Wildman–Crippen MR) is 142 cm³/mol. The molecular formula is C29H33N5O3. The van der Waals surface area contributed by atoms with Crippen molar-refractivity contribution >= 4 is 17.7 Å². The SMILES string of the molecule is Cc1ccc(-n2ncc(C(=O)Nc3ccccc3C#N)c2C2CCN(C(=O)OC(C)(C)C)CC2)cc1C. The van der Waals surface area contributed by atoms with Crippen LogP contribution in [0.3, 0.4) is 0 Å². The van der Waals surface area contributed by atoms with Gasteiger partial charge in [0.2, 0.25) is 0 Å². The number of nitrogens with one attached hydrogen (secondary N) is 1. The second-order valence-electron chi connectivity index (χ2n) is 10.5. The van der Waals surface area contributed by atoms with Gasteiger partial charge in [0.15, 0.2) is 0 Å². The van der Waals surface area contributed by atoms with Crippen LogP contribution in [0.2, 0.25) is 0 Å². The van der Waals surface area contributed by atoms with Crippen molar-refractivity contribution in [2.45, 2.75) is 59.0 Å². The van der Waals surface area contributed by atoms with Gasteiger partial charge in [-0.3, -0.25) is 4.79 Å². The summed E-state index contributed by atoms with van der Waals surface area (Å²) in [6.07, 6.45) is 2.62. The van der Waals surface area contributed by atoms with Gasteiger partial charge in [0.1, 0.15) is 11.7 Å². The van der Waals surface area contributed by atoms with Crippen molar-refractivity contribution in [3.63, 3.8) is 0 Å². The maximum absolute atomic E-state index is 13.5. The number of carbonyl (C=O) groups excluding carboxylic acids is 2. The third-order valence-corrected chi connectivity index (χ3v) is 6.62. The highest BCUT2D eigenvalue weighted by Gasteiger charge is 2.32. The van der Waals surface area contributed by atoms with Crippen LogP contribution >= 0.6 is 0 Å². The Kier molecular flexibility index (Phi) is 7.35. The number of anilines is 1. The summed E-state index contributed by atoms with van der Waals surface area (Å²) in [6, 6.07) is 15.1. The van der Waals surface area contributed by atoms with E-state index >= 15 is 0 Å². The molecule has 1 aliphatic rings. The molecule has 1 aliphatic heterocycles. The van der Waals surface area contributed by atoms with Crippen LogP contribution in [0.15, 0.2) is 48.7 Å². The summed E-state index contributed by atoms with van der Waals surface area (Å²) < 4.78 is 7.39. The second kappa shape index (κ2) is 10.5. The normalized spacial score (nSPS) is 14.2. The lowest BCUT2D eigenvalue weighted by Crippen LogP contribution is -2.41. The van der Waals surface area contributed by atoms with Crippen molar-refractivity contribution in [3.8, 4) is 11.8 Å². The van der Waals surface area contributed by atoms with Gasteiger partial charge < -0.3 is 15.0 Å². The van der Waals surface area contributed by atoms with Gasteiger partial charge in [0.05, 0.1) is 34.4 Å². The van der Waals surface area contributed by atoms with Gasteiger partial charge in [-0.2, -0.15) is 10.4 Å². The summed E-state index contributed by atoms with van der Waals surface area (Å²) in [5.74, 6) is -0.308. The van der Waals surface area contributed by atoms with Gasteiger partial charge in [-0.25, -0.2) is 9.48 Å². The predicted octanol–water partition coefficient (Wildman–Crippen LogP) is 5.73. The Hall–Kier alpha value is -4.12. The number of nitrogens with zero attached hydrogens (tertiary/aromatic N) is 4. The summed E-state index contributed by atoms with van der Waals surface area (Å²) in [4.78, 5) is 27.8. The van der Waals surface area contributed by atoms with E-state index in [1.54, 1.807) is 35.4 Å². The van der Waals surface area contributed by atoms with Crippen molar-refractivity contribution in [1.29, 1.82) is 5.26 Å². The van der Waals surface area contributed by atoms with Crippen LogP contribution in [0.4, 0.5) is 10.5 Å². The van der Waals surface area contributed by atoms with Crippen LogP contribution in [-0.4, -0.2) is 45.4 Å². The maximum atomic E-state index is 13.5. The van der Waals surface area contributed by atoms with Gasteiger partial charge in [-0.15, -0.1) is 0 Å². The Morgan fingerprint density at radius 2 is 1.78 bits per heavy atom. The highest BCUT2D eigenvalue weighted by molar-refractivity contribution is 6.05. The number of piperidine rings is 1. The fourth-order valence-electron chi connectivity index (χ4n) is 4.53. The number of nitriles is 1. The first-order valence-corrected chi connectivity index (χ1v) is 12.5. The van der Waals surface area contributed by atoms with Crippen LogP contribution in [-0.2, 0) is 4.74 Å². The van der Waals surface area contributed by atoms with Gasteiger partial charge in [-0.05, 0) is 82.9 Å². The largest absolute Gasteiger partial charge is 0.444 e. The van der Waals surface area contributed by atoms with Crippen LogP contribution < -0.4 is 5.32 Å². The van der Waals surface area contributed by atoms with E-state index in [1.807, 2.05) is 44.5 Å². The lowest BCUT2D eigenvalue weighted by Gasteiger charge is -2.34. The summed E-state index contributed by atoms with van der Waals surface area (Å²) in [5, 5.41) is 17.0. The Bertz CT molecular complexity index is 1350. The van der Waals surface area contributed by atoms with Crippen LogP contribution in [0.5, 0.6) is 0 Å². The van der Waals surface area contributed by atoms with E-state index in [0.29, 0.717) is 42.7 Å². The molecule has 1 saturated heterocycles. The Morgan fingerprint density at radius 3 is 2.43 bits per heavy atom. The number of likely N-dealkylation sites (tertiary alicyclic amines) is 1. The van der Waals surface area contributed by atoms with Gasteiger partial charge in [0, 0.05) is 19.0 Å². The number of ether oxygens (including phenoxy) is 1. The maximum Gasteiger partial charge on any atom is 0.410 e. The molecule has 1 N–H and O–H groups in total. The minimum Gasteiger partial charge on any atom is -0.444 e. The van der Waals surface area contributed by atoms with E-state index in [1.165, 1.54) is 5.56 Å². The van der Waals surface area contributed by atoms with Crippen molar-refractivity contribution in [1.82, 2.24) is 14.7 Å². The molecule has 0 spiro atoms. The molecule has 2 amide bonds. The van der Waals surface area contributed by atoms with Crippen LogP contribution in [0.1, 0.15) is 72.3 Å². The first kappa shape index (κ1) is 26.0. The highest BCUT2D eigenvalue weighted by Crippen LogP contribution is 2.33. The van der Waals surface area contributed by atoms with Gasteiger partial charge >= 0.3 is 6.09 Å². The molecule has 2 aromatic carbocycles. The number of hydrogen-bond acceptors (Lipinski definition) is 5. The first-order valence-electron chi connectivity index (χ1n) is 12.5. The summed E-state index contributed by atoms with van der Waals surface area (Å²) in [5.41, 5.74) is 4.75. The molecule has 0 aliphatic carbocycles. The molecule has 0 atom stereocenters. The fourth-order valence-corrected chi connectivity index (χ4v) is 4.53. The molecule has 0 bridgehead atoms. The number of amides is 2. The van der Waals surface area contributed by atoms with Crippen LogP contribution in [0.25, 0.3) is 5.69 Å². The minimum atomic E-state index is -0.555. The molecule has 0 unspecified atom stereocenters. The van der Waals surface area contributed by atoms with Crippen LogP contribution in [0, 0.1) is 25.2 Å². The molecule has 2 heterocycles. The molecule has 8 nitrogen and oxygen atoms in total. The van der Waals surface area contributed by atoms with Crippen molar-refractivity contribution < 1.29 is 14.3 Å². The van der Waals surface area contributed by atoms with E-state index in [4.69, 9.17) is 4.74 Å². The third kappa shape index (κ3) is 5.83. The van der Waals surface area contributed by atoms with Crippen molar-refractivity contribution in [2.24, 2.45) is 0 Å². The van der Waals surface area contributed by atoms with Gasteiger partial charge in [0.25, 0.3) is 5.91 Å². The van der Waals surface area contributed by atoms with Crippen molar-refractivity contribution in [2.75, 3.05) is 18.4 Å². The number of rotatable bonds is 4. The van der Waals surface area contributed by atoms with E-state index in [0.717, 1.165) is 16.9 Å². The fraction of sp³-hybridized carbons (Fsp3) is 0.379. The number of aromatic nitrogens is 2. The molecule has 3 aromatic rings. The molecule has 192 valence electrons. The summed E-state index contributed by atoms with van der Waals surface area (Å²) >= 11 is 0. The molecule has 8 heteroatoms. The number of benzene rings is 2. The van der Waals surface area contributed by atoms with E-state index in [2.05, 4.69) is 29.5 Å². The highest BCUT2D eigenvalue weighted by atomic mass is 16.6. The molecule has 1 fully saturated rings. The number of aryl methyl sites for hydroxylation is 2. The number of carbonyl (C=O) groups is 2. The molecular weight excluding hydrogens is 466 g/mol.